The fraction of sp³-hybridized carbons (Fsp3) is 0.0769. The van der Waals surface area contributed by atoms with Crippen LogP contribution in [0.15, 0.2) is 36.4 Å². The van der Waals surface area contributed by atoms with E-state index in [2.05, 4.69) is 11.9 Å². The Labute approximate surface area is 115 Å². The van der Waals surface area contributed by atoms with Gasteiger partial charge in [0.05, 0.1) is 10.0 Å². The van der Waals surface area contributed by atoms with Gasteiger partial charge in [0, 0.05) is 6.54 Å². The van der Waals surface area contributed by atoms with Crippen molar-refractivity contribution in [3.05, 3.63) is 52.0 Å². The number of carbonyl (C=O) groups is 1. The maximum absolute atomic E-state index is 11.6. The van der Waals surface area contributed by atoms with Gasteiger partial charge in [-0.25, -0.2) is 0 Å². The van der Waals surface area contributed by atoms with E-state index >= 15 is 0 Å². The van der Waals surface area contributed by atoms with E-state index in [-0.39, 0.29) is 5.57 Å². The Bertz CT molecular complexity index is 544. The first-order valence-electron chi connectivity index (χ1n) is 5.05. The molecule has 0 saturated carbocycles. The second-order valence-electron chi connectivity index (χ2n) is 3.31. The summed E-state index contributed by atoms with van der Waals surface area (Å²) in [6.45, 7) is 3.76. The van der Waals surface area contributed by atoms with Crippen molar-refractivity contribution in [1.82, 2.24) is 5.32 Å². The Morgan fingerprint density at radius 3 is 2.83 bits per heavy atom. The van der Waals surface area contributed by atoms with Gasteiger partial charge in [-0.15, -0.1) is 6.58 Å². The molecule has 0 aromatic heterocycles. The minimum atomic E-state index is -0.478. The van der Waals surface area contributed by atoms with Crippen LogP contribution in [0.3, 0.4) is 0 Å². The molecule has 92 valence electrons. The molecule has 0 heterocycles. The third kappa shape index (κ3) is 3.63. The minimum Gasteiger partial charge on any atom is -0.348 e. The monoisotopic (exact) mass is 280 g/mol. The van der Waals surface area contributed by atoms with Crippen LogP contribution in [0.4, 0.5) is 0 Å². The summed E-state index contributed by atoms with van der Waals surface area (Å²) in [7, 11) is 0. The summed E-state index contributed by atoms with van der Waals surface area (Å²) >= 11 is 11.8. The van der Waals surface area contributed by atoms with E-state index in [9.17, 15) is 4.79 Å². The van der Waals surface area contributed by atoms with Gasteiger partial charge in [0.15, 0.2) is 0 Å². The van der Waals surface area contributed by atoms with Crippen molar-refractivity contribution < 1.29 is 4.79 Å². The van der Waals surface area contributed by atoms with Gasteiger partial charge in [-0.2, -0.15) is 5.26 Å². The average Bonchev–Trinajstić information content (AvgIpc) is 2.37. The molecule has 3 nitrogen and oxygen atoms in total. The first-order chi connectivity index (χ1) is 8.60. The van der Waals surface area contributed by atoms with Crippen molar-refractivity contribution in [3.63, 3.8) is 0 Å². The van der Waals surface area contributed by atoms with Gasteiger partial charge in [0.2, 0.25) is 0 Å². The number of nitrogens with zero attached hydrogens (tertiary/aromatic N) is 1. The highest BCUT2D eigenvalue weighted by atomic mass is 35.5. The number of amides is 1. The van der Waals surface area contributed by atoms with Crippen LogP contribution in [-0.2, 0) is 4.79 Å². The Kier molecular flexibility index (Phi) is 5.44. The predicted octanol–water partition coefficient (Wildman–Crippen LogP) is 3.20. The molecule has 0 fully saturated rings. The summed E-state index contributed by atoms with van der Waals surface area (Å²) in [6, 6.07) is 6.81. The molecule has 0 aliphatic rings. The highest BCUT2D eigenvalue weighted by molar-refractivity contribution is 6.43. The second-order valence-corrected chi connectivity index (χ2v) is 4.10. The van der Waals surface area contributed by atoms with E-state index in [1.54, 1.807) is 18.2 Å². The number of benzene rings is 1. The Hall–Kier alpha value is -1.76. The van der Waals surface area contributed by atoms with Gasteiger partial charge in [0.1, 0.15) is 11.6 Å². The molecule has 18 heavy (non-hydrogen) atoms. The SMILES string of the molecule is C=CCNC(=O)/C(C#N)=C/c1cccc(Cl)c1Cl. The van der Waals surface area contributed by atoms with Gasteiger partial charge in [-0.3, -0.25) is 4.79 Å². The zero-order chi connectivity index (χ0) is 13.5. The number of hydrogen-bond acceptors (Lipinski definition) is 2. The molecule has 1 rings (SSSR count). The normalized spacial score (nSPS) is 10.6. The molecule has 0 aliphatic carbocycles. The predicted molar refractivity (Wildman–Crippen MR) is 73.3 cm³/mol. The zero-order valence-electron chi connectivity index (χ0n) is 9.41. The Morgan fingerprint density at radius 2 is 2.22 bits per heavy atom. The minimum absolute atomic E-state index is 0.0407. The number of hydrogen-bond donors (Lipinski definition) is 1. The van der Waals surface area contributed by atoms with Crippen LogP contribution in [0.25, 0.3) is 6.08 Å². The van der Waals surface area contributed by atoms with Crippen LogP contribution in [-0.4, -0.2) is 12.5 Å². The lowest BCUT2D eigenvalue weighted by Crippen LogP contribution is -2.24. The fourth-order valence-corrected chi connectivity index (χ4v) is 1.56. The first kappa shape index (κ1) is 14.3. The Morgan fingerprint density at radius 1 is 1.50 bits per heavy atom. The van der Waals surface area contributed by atoms with E-state index in [0.717, 1.165) is 0 Å². The van der Waals surface area contributed by atoms with E-state index in [1.807, 2.05) is 6.07 Å². The lowest BCUT2D eigenvalue weighted by molar-refractivity contribution is -0.116. The smallest absolute Gasteiger partial charge is 0.262 e. The van der Waals surface area contributed by atoms with Crippen LogP contribution in [0.1, 0.15) is 5.56 Å². The lowest BCUT2D eigenvalue weighted by Gasteiger charge is -2.03. The van der Waals surface area contributed by atoms with Crippen LogP contribution in [0.5, 0.6) is 0 Å². The summed E-state index contributed by atoms with van der Waals surface area (Å²) < 4.78 is 0. The number of nitrogens with one attached hydrogen (secondary N) is 1. The van der Waals surface area contributed by atoms with Crippen LogP contribution in [0.2, 0.25) is 10.0 Å². The van der Waals surface area contributed by atoms with Crippen LogP contribution < -0.4 is 5.32 Å². The van der Waals surface area contributed by atoms with Crippen molar-refractivity contribution in [2.24, 2.45) is 0 Å². The zero-order valence-corrected chi connectivity index (χ0v) is 10.9. The fourth-order valence-electron chi connectivity index (χ4n) is 1.20. The van der Waals surface area contributed by atoms with Gasteiger partial charge >= 0.3 is 0 Å². The number of rotatable bonds is 4. The van der Waals surface area contributed by atoms with Crippen LogP contribution >= 0.6 is 23.2 Å². The summed E-state index contributed by atoms with van der Waals surface area (Å²) in [4.78, 5) is 11.6. The maximum Gasteiger partial charge on any atom is 0.262 e. The molecule has 0 saturated heterocycles. The molecule has 0 spiro atoms. The van der Waals surface area contributed by atoms with E-state index in [0.29, 0.717) is 22.2 Å². The van der Waals surface area contributed by atoms with Gasteiger partial charge in [-0.05, 0) is 17.7 Å². The number of halogens is 2. The summed E-state index contributed by atoms with van der Waals surface area (Å²) in [6.07, 6.45) is 2.92. The van der Waals surface area contributed by atoms with Gasteiger partial charge in [0.25, 0.3) is 5.91 Å². The topological polar surface area (TPSA) is 52.9 Å². The number of carbonyl (C=O) groups excluding carboxylic acids is 1. The van der Waals surface area contributed by atoms with E-state index in [1.165, 1.54) is 12.2 Å². The largest absolute Gasteiger partial charge is 0.348 e. The van der Waals surface area contributed by atoms with Crippen molar-refractivity contribution in [2.45, 2.75) is 0 Å². The average molecular weight is 281 g/mol. The summed E-state index contributed by atoms with van der Waals surface area (Å²) in [5.74, 6) is -0.478. The quantitative estimate of drug-likeness (QED) is 0.523. The molecular formula is C13H10Cl2N2O. The van der Waals surface area contributed by atoms with E-state index in [4.69, 9.17) is 28.5 Å². The third-order valence-corrected chi connectivity index (χ3v) is 2.89. The second kappa shape index (κ2) is 6.85. The standard InChI is InChI=1S/C13H10Cl2N2O/c1-2-6-17-13(18)10(8-16)7-9-4-3-5-11(14)12(9)15/h2-5,7H,1,6H2,(H,17,18)/b10-7+. The van der Waals surface area contributed by atoms with E-state index < -0.39 is 5.91 Å². The molecule has 0 unspecified atom stereocenters. The molecule has 0 atom stereocenters. The van der Waals surface area contributed by atoms with Gasteiger partial charge < -0.3 is 5.32 Å². The van der Waals surface area contributed by atoms with Crippen molar-refractivity contribution in [3.8, 4) is 6.07 Å². The molecule has 1 aromatic carbocycles. The summed E-state index contributed by atoms with van der Waals surface area (Å²) in [5.41, 5.74) is 0.482. The third-order valence-electron chi connectivity index (χ3n) is 2.05. The molecule has 0 radical (unpaired) electrons. The molecular weight excluding hydrogens is 271 g/mol. The summed E-state index contributed by atoms with van der Waals surface area (Å²) in [5, 5.41) is 12.1. The first-order valence-corrected chi connectivity index (χ1v) is 5.80. The lowest BCUT2D eigenvalue weighted by atomic mass is 10.1. The number of nitriles is 1. The molecule has 1 aromatic rings. The Balaban J connectivity index is 3.05. The maximum atomic E-state index is 11.6. The van der Waals surface area contributed by atoms with Gasteiger partial charge in [-0.1, -0.05) is 41.4 Å². The molecule has 0 aliphatic heterocycles. The molecule has 1 N–H and O–H groups in total. The highest BCUT2D eigenvalue weighted by Crippen LogP contribution is 2.27. The van der Waals surface area contributed by atoms with Crippen molar-refractivity contribution in [1.29, 1.82) is 5.26 Å². The molecule has 5 heteroatoms. The van der Waals surface area contributed by atoms with Crippen molar-refractivity contribution >= 4 is 35.2 Å². The highest BCUT2D eigenvalue weighted by Gasteiger charge is 2.09. The molecule has 0 bridgehead atoms. The van der Waals surface area contributed by atoms with Crippen molar-refractivity contribution in [2.75, 3.05) is 6.54 Å². The van der Waals surface area contributed by atoms with Crippen LogP contribution in [0, 0.1) is 11.3 Å². The molecule has 1 amide bonds.